The molecule has 0 bridgehead atoms. The second-order valence-electron chi connectivity index (χ2n) is 1.80. The van der Waals surface area contributed by atoms with E-state index in [1.54, 1.807) is 6.92 Å². The minimum absolute atomic E-state index is 0.133. The Bertz CT molecular complexity index is 180. The van der Waals surface area contributed by atoms with Crippen LogP contribution in [0.15, 0.2) is 24.2 Å². The van der Waals surface area contributed by atoms with E-state index < -0.39 is 0 Å². The highest BCUT2D eigenvalue weighted by Gasteiger charge is 1.97. The van der Waals surface area contributed by atoms with Crippen LogP contribution in [0, 0.1) is 5.41 Å². The maximum absolute atomic E-state index is 6.93. The van der Waals surface area contributed by atoms with Crippen molar-refractivity contribution in [2.75, 3.05) is 0 Å². The van der Waals surface area contributed by atoms with Crippen LogP contribution in [0.2, 0.25) is 0 Å². The van der Waals surface area contributed by atoms with Gasteiger partial charge in [0.15, 0.2) is 0 Å². The minimum atomic E-state index is -0.133. The van der Waals surface area contributed by atoms with Crippen LogP contribution in [0.25, 0.3) is 0 Å². The van der Waals surface area contributed by atoms with Crippen molar-refractivity contribution in [3.05, 3.63) is 24.2 Å². The molecule has 0 aliphatic carbocycles. The summed E-state index contributed by atoms with van der Waals surface area (Å²) in [5, 5.41) is 9.65. The Morgan fingerprint density at radius 1 is 1.60 bits per heavy atom. The van der Waals surface area contributed by atoms with Gasteiger partial charge in [-0.25, -0.2) is 0 Å². The molecule has 4 heteroatoms. The summed E-state index contributed by atoms with van der Waals surface area (Å²) in [6.07, 6.45) is 1.48. The molecule has 0 aliphatic heterocycles. The second-order valence-corrected chi connectivity index (χ2v) is 1.80. The van der Waals surface area contributed by atoms with E-state index in [1.807, 2.05) is 0 Å². The van der Waals surface area contributed by atoms with Gasteiger partial charge in [0.1, 0.15) is 5.84 Å². The van der Waals surface area contributed by atoms with Crippen LogP contribution in [0.1, 0.15) is 6.92 Å². The van der Waals surface area contributed by atoms with Gasteiger partial charge in [0.25, 0.3) is 0 Å². The number of nitrogens with two attached hydrogens (primary N) is 2. The Kier molecular flexibility index (Phi) is 3.04. The first kappa shape index (κ1) is 8.55. The monoisotopic (exact) mass is 140 g/mol. The van der Waals surface area contributed by atoms with E-state index in [1.165, 1.54) is 6.20 Å². The Hall–Kier alpha value is -1.45. The first-order chi connectivity index (χ1) is 4.59. The van der Waals surface area contributed by atoms with E-state index in [2.05, 4.69) is 11.9 Å². The second kappa shape index (κ2) is 3.55. The van der Waals surface area contributed by atoms with Gasteiger partial charge in [-0.1, -0.05) is 6.58 Å². The number of hydrogen-bond donors (Lipinski definition) is 4. The van der Waals surface area contributed by atoms with Crippen LogP contribution in [0.5, 0.6) is 0 Å². The summed E-state index contributed by atoms with van der Waals surface area (Å²) in [5.74, 6) is -0.133. The molecule has 0 aromatic heterocycles. The molecule has 0 saturated heterocycles. The molecule has 0 radical (unpaired) electrons. The van der Waals surface area contributed by atoms with Crippen LogP contribution >= 0.6 is 0 Å². The summed E-state index contributed by atoms with van der Waals surface area (Å²) in [7, 11) is 0. The fourth-order valence-corrected chi connectivity index (χ4v) is 0.433. The average molecular weight is 140 g/mol. The normalized spacial score (nSPS) is 11.7. The largest absolute Gasteiger partial charge is 0.394 e. The Labute approximate surface area is 60.1 Å². The van der Waals surface area contributed by atoms with E-state index >= 15 is 0 Å². The van der Waals surface area contributed by atoms with Crippen molar-refractivity contribution in [3.8, 4) is 0 Å². The van der Waals surface area contributed by atoms with Crippen LogP contribution in [0.4, 0.5) is 0 Å². The molecular weight excluding hydrogens is 128 g/mol. The molecule has 0 rings (SSSR count). The molecule has 0 heterocycles. The van der Waals surface area contributed by atoms with E-state index in [0.717, 1.165) is 0 Å². The van der Waals surface area contributed by atoms with Crippen molar-refractivity contribution in [3.63, 3.8) is 0 Å². The molecule has 4 nitrogen and oxygen atoms in total. The molecule has 0 saturated carbocycles. The fourth-order valence-electron chi connectivity index (χ4n) is 0.433. The third-order valence-electron chi connectivity index (χ3n) is 1.01. The maximum atomic E-state index is 6.93. The number of nitrogens with one attached hydrogen (secondary N) is 2. The Morgan fingerprint density at radius 2 is 2.10 bits per heavy atom. The third kappa shape index (κ3) is 2.21. The van der Waals surface area contributed by atoms with Gasteiger partial charge >= 0.3 is 0 Å². The molecule has 6 N–H and O–H groups in total. The third-order valence-corrected chi connectivity index (χ3v) is 1.01. The Morgan fingerprint density at radius 3 is 2.40 bits per heavy atom. The van der Waals surface area contributed by atoms with Crippen LogP contribution < -0.4 is 16.8 Å². The predicted molar refractivity (Wildman–Crippen MR) is 42.1 cm³/mol. The molecule has 10 heavy (non-hydrogen) atoms. The summed E-state index contributed by atoms with van der Waals surface area (Å²) in [5.41, 5.74) is 11.4. The minimum Gasteiger partial charge on any atom is -0.394 e. The summed E-state index contributed by atoms with van der Waals surface area (Å²) >= 11 is 0. The zero-order valence-electron chi connectivity index (χ0n) is 5.94. The molecule has 0 atom stereocenters. The molecule has 0 aliphatic rings. The zero-order valence-corrected chi connectivity index (χ0v) is 5.94. The lowest BCUT2D eigenvalue weighted by Crippen LogP contribution is -2.24. The van der Waals surface area contributed by atoms with E-state index in [-0.39, 0.29) is 11.5 Å². The summed E-state index contributed by atoms with van der Waals surface area (Å²) in [6, 6.07) is 0. The van der Waals surface area contributed by atoms with Crippen molar-refractivity contribution in [2.24, 2.45) is 11.5 Å². The number of amidine groups is 1. The quantitative estimate of drug-likeness (QED) is 0.324. The molecule has 0 spiro atoms. The highest BCUT2D eigenvalue weighted by Crippen LogP contribution is 1.90. The topological polar surface area (TPSA) is 87.9 Å². The van der Waals surface area contributed by atoms with Crippen LogP contribution in [-0.4, -0.2) is 5.84 Å². The number of allylic oxidation sites excluding steroid dienone is 1. The Balaban J connectivity index is 4.33. The van der Waals surface area contributed by atoms with Crippen molar-refractivity contribution >= 4 is 5.84 Å². The van der Waals surface area contributed by atoms with Gasteiger partial charge in [0.2, 0.25) is 0 Å². The highest BCUT2D eigenvalue weighted by atomic mass is 14.9. The molecule has 0 aromatic rings. The molecule has 0 unspecified atom stereocenters. The van der Waals surface area contributed by atoms with Crippen molar-refractivity contribution in [1.29, 1.82) is 5.41 Å². The molecule has 0 fully saturated rings. The summed E-state index contributed by atoms with van der Waals surface area (Å²) in [6.45, 7) is 5.15. The van der Waals surface area contributed by atoms with Gasteiger partial charge in [-0.05, 0) is 13.1 Å². The number of rotatable bonds is 3. The van der Waals surface area contributed by atoms with E-state index in [9.17, 15) is 0 Å². The van der Waals surface area contributed by atoms with Gasteiger partial charge in [-0.2, -0.15) is 0 Å². The van der Waals surface area contributed by atoms with Crippen molar-refractivity contribution < 1.29 is 0 Å². The fraction of sp³-hybridized carbons (Fsp3) is 0.167. The van der Waals surface area contributed by atoms with Crippen molar-refractivity contribution in [1.82, 2.24) is 5.32 Å². The smallest absolute Gasteiger partial charge is 0.140 e. The molecule has 0 aromatic carbocycles. The van der Waals surface area contributed by atoms with Crippen LogP contribution in [-0.2, 0) is 0 Å². The molecule has 56 valence electrons. The molecular formula is C6H12N4. The maximum Gasteiger partial charge on any atom is 0.140 e. The van der Waals surface area contributed by atoms with Gasteiger partial charge < -0.3 is 16.8 Å². The first-order valence-corrected chi connectivity index (χ1v) is 2.77. The number of hydrogen-bond acceptors (Lipinski definition) is 3. The zero-order chi connectivity index (χ0) is 8.15. The van der Waals surface area contributed by atoms with Gasteiger partial charge in [-0.15, -0.1) is 0 Å². The van der Waals surface area contributed by atoms with Crippen LogP contribution in [0.3, 0.4) is 0 Å². The predicted octanol–water partition coefficient (Wildman–Crippen LogP) is -0.154. The summed E-state index contributed by atoms with van der Waals surface area (Å²) in [4.78, 5) is 0. The average Bonchev–Trinajstić information content (AvgIpc) is 1.87. The highest BCUT2D eigenvalue weighted by molar-refractivity contribution is 5.93. The van der Waals surface area contributed by atoms with Crippen molar-refractivity contribution in [2.45, 2.75) is 6.92 Å². The SMILES string of the molecule is C=CN/C(C)=C(\N)C(=N)N. The lowest BCUT2D eigenvalue weighted by atomic mass is 10.3. The lowest BCUT2D eigenvalue weighted by Gasteiger charge is -2.03. The van der Waals surface area contributed by atoms with E-state index in [0.29, 0.717) is 5.70 Å². The lowest BCUT2D eigenvalue weighted by molar-refractivity contribution is 1.03. The van der Waals surface area contributed by atoms with Gasteiger partial charge in [-0.3, -0.25) is 5.41 Å². The van der Waals surface area contributed by atoms with Gasteiger partial charge in [0, 0.05) is 5.70 Å². The standard InChI is InChI=1S/C6H12N4/c1-3-10-4(2)5(7)6(8)9/h3,10H,1,7H2,2H3,(H3,8,9)/b5-4-. The molecule has 0 amide bonds. The first-order valence-electron chi connectivity index (χ1n) is 2.77. The van der Waals surface area contributed by atoms with Gasteiger partial charge in [0.05, 0.1) is 5.70 Å². The summed E-state index contributed by atoms with van der Waals surface area (Å²) < 4.78 is 0. The van der Waals surface area contributed by atoms with E-state index in [4.69, 9.17) is 16.9 Å².